The van der Waals surface area contributed by atoms with Crippen molar-refractivity contribution in [3.63, 3.8) is 0 Å². The average molecular weight is 269 g/mol. The summed E-state index contributed by atoms with van der Waals surface area (Å²) in [4.78, 5) is 0. The van der Waals surface area contributed by atoms with Gasteiger partial charge in [0, 0.05) is 12.3 Å². The van der Waals surface area contributed by atoms with Gasteiger partial charge in [0.1, 0.15) is 0 Å². The van der Waals surface area contributed by atoms with E-state index >= 15 is 0 Å². The Morgan fingerprint density at radius 3 is 2.16 bits per heavy atom. The summed E-state index contributed by atoms with van der Waals surface area (Å²) >= 11 is 1.89. The van der Waals surface area contributed by atoms with E-state index in [1.807, 2.05) is 11.8 Å². The van der Waals surface area contributed by atoms with Crippen LogP contribution >= 0.6 is 11.8 Å². The molecule has 2 heteroatoms. The van der Waals surface area contributed by atoms with Gasteiger partial charge >= 0.3 is 0 Å². The van der Waals surface area contributed by atoms with E-state index in [2.05, 4.69) is 60.1 Å². The third kappa shape index (κ3) is 2.56. The minimum absolute atomic E-state index is 0.355. The van der Waals surface area contributed by atoms with Crippen molar-refractivity contribution in [2.45, 2.75) is 12.5 Å². The van der Waals surface area contributed by atoms with Crippen molar-refractivity contribution >= 4 is 11.8 Å². The monoisotopic (exact) mass is 269 g/mol. The third-order valence-corrected chi connectivity index (χ3v) is 4.38. The van der Waals surface area contributed by atoms with E-state index in [1.54, 1.807) is 0 Å². The van der Waals surface area contributed by atoms with Gasteiger partial charge < -0.3 is 5.32 Å². The quantitative estimate of drug-likeness (QED) is 0.851. The molecule has 98 valence electrons. The largest absolute Gasteiger partial charge is 0.305 e. The fraction of sp³-hybridized carbons (Fsp3) is 0.294. The molecule has 0 saturated carbocycles. The first-order valence-electron chi connectivity index (χ1n) is 6.78. The number of hydrogen-bond donors (Lipinski definition) is 1. The second-order valence-electron chi connectivity index (χ2n) is 4.95. The minimum Gasteiger partial charge on any atom is -0.305 e. The molecule has 1 N–H and O–H groups in total. The van der Waals surface area contributed by atoms with Crippen molar-refractivity contribution in [2.24, 2.45) is 0 Å². The van der Waals surface area contributed by atoms with Crippen LogP contribution in [0.15, 0.2) is 48.5 Å². The highest BCUT2D eigenvalue weighted by molar-refractivity contribution is 7.98. The van der Waals surface area contributed by atoms with Crippen LogP contribution in [0.1, 0.15) is 28.3 Å². The second-order valence-corrected chi connectivity index (χ2v) is 5.94. The van der Waals surface area contributed by atoms with E-state index in [9.17, 15) is 0 Å². The molecule has 2 aromatic rings. The Balaban J connectivity index is 1.96. The van der Waals surface area contributed by atoms with Crippen molar-refractivity contribution in [3.05, 3.63) is 70.8 Å². The lowest BCUT2D eigenvalue weighted by atomic mass is 9.82. The first-order valence-corrected chi connectivity index (χ1v) is 8.17. The minimum atomic E-state index is 0.355. The fourth-order valence-electron chi connectivity index (χ4n) is 2.85. The lowest BCUT2D eigenvalue weighted by Crippen LogP contribution is -2.28. The maximum absolute atomic E-state index is 3.71. The molecule has 0 heterocycles. The number of benzene rings is 2. The molecule has 0 fully saturated rings. The summed E-state index contributed by atoms with van der Waals surface area (Å²) < 4.78 is 0. The zero-order valence-corrected chi connectivity index (χ0v) is 12.0. The number of rotatable bonds is 4. The molecule has 19 heavy (non-hydrogen) atoms. The molecule has 1 aliphatic carbocycles. The van der Waals surface area contributed by atoms with Gasteiger partial charge in [0.15, 0.2) is 0 Å². The highest BCUT2D eigenvalue weighted by Crippen LogP contribution is 2.34. The highest BCUT2D eigenvalue weighted by Gasteiger charge is 2.23. The Kier molecular flexibility index (Phi) is 3.90. The van der Waals surface area contributed by atoms with Crippen molar-refractivity contribution in [3.8, 4) is 0 Å². The molecular weight excluding hydrogens is 250 g/mol. The van der Waals surface area contributed by atoms with Crippen LogP contribution in [0.3, 0.4) is 0 Å². The summed E-state index contributed by atoms with van der Waals surface area (Å²) in [7, 11) is 0. The van der Waals surface area contributed by atoms with Crippen molar-refractivity contribution < 1.29 is 0 Å². The molecule has 0 spiro atoms. The highest BCUT2D eigenvalue weighted by atomic mass is 32.2. The van der Waals surface area contributed by atoms with E-state index in [4.69, 9.17) is 0 Å². The van der Waals surface area contributed by atoms with Crippen LogP contribution in [0.4, 0.5) is 0 Å². The van der Waals surface area contributed by atoms with E-state index in [0.29, 0.717) is 6.04 Å². The molecule has 2 aromatic carbocycles. The maximum Gasteiger partial charge on any atom is 0.0582 e. The number of hydrogen-bond acceptors (Lipinski definition) is 2. The van der Waals surface area contributed by atoms with Gasteiger partial charge in [-0.1, -0.05) is 48.5 Å². The van der Waals surface area contributed by atoms with Crippen LogP contribution < -0.4 is 5.32 Å². The van der Waals surface area contributed by atoms with Crippen LogP contribution in [0.2, 0.25) is 0 Å². The van der Waals surface area contributed by atoms with Crippen LogP contribution in [0.25, 0.3) is 0 Å². The predicted octanol–water partition coefficient (Wildman–Crippen LogP) is 3.63. The molecule has 3 rings (SSSR count). The molecule has 0 aliphatic heterocycles. The molecule has 1 nitrogen and oxygen atoms in total. The first kappa shape index (κ1) is 12.8. The fourth-order valence-corrected chi connectivity index (χ4v) is 3.17. The topological polar surface area (TPSA) is 12.0 Å². The second kappa shape index (κ2) is 5.81. The maximum atomic E-state index is 3.71. The van der Waals surface area contributed by atoms with Gasteiger partial charge in [-0.25, -0.2) is 0 Å². The van der Waals surface area contributed by atoms with Gasteiger partial charge in [-0.15, -0.1) is 0 Å². The van der Waals surface area contributed by atoms with Crippen LogP contribution in [-0.2, 0) is 6.42 Å². The lowest BCUT2D eigenvalue weighted by molar-refractivity contribution is 0.615. The lowest BCUT2D eigenvalue weighted by Gasteiger charge is -2.29. The normalized spacial score (nSPS) is 13.9. The zero-order valence-electron chi connectivity index (χ0n) is 11.2. The molecule has 0 bridgehead atoms. The van der Waals surface area contributed by atoms with Crippen molar-refractivity contribution in [1.29, 1.82) is 0 Å². The zero-order chi connectivity index (χ0) is 13.1. The van der Waals surface area contributed by atoms with E-state index < -0.39 is 0 Å². The van der Waals surface area contributed by atoms with Gasteiger partial charge in [-0.05, 0) is 34.9 Å². The van der Waals surface area contributed by atoms with Gasteiger partial charge in [0.25, 0.3) is 0 Å². The Labute approximate surface area is 119 Å². The molecule has 0 atom stereocenters. The number of thioether (sulfide) groups is 1. The molecule has 0 amide bonds. The van der Waals surface area contributed by atoms with Crippen molar-refractivity contribution in [1.82, 2.24) is 5.32 Å². The Morgan fingerprint density at radius 2 is 1.58 bits per heavy atom. The Bertz CT molecular complexity index is 519. The molecular formula is C17H19NS. The van der Waals surface area contributed by atoms with Crippen LogP contribution in [-0.4, -0.2) is 18.6 Å². The van der Waals surface area contributed by atoms with Crippen LogP contribution in [0.5, 0.6) is 0 Å². The molecule has 0 unspecified atom stereocenters. The summed E-state index contributed by atoms with van der Waals surface area (Å²) in [6.07, 6.45) is 3.22. The molecule has 0 radical (unpaired) electrons. The predicted molar refractivity (Wildman–Crippen MR) is 83.9 cm³/mol. The Hall–Kier alpha value is -1.25. The SMILES string of the molecule is CSCCNC1c2ccccc2Cc2ccccc21. The van der Waals surface area contributed by atoms with Gasteiger partial charge in [-0.3, -0.25) is 0 Å². The summed E-state index contributed by atoms with van der Waals surface area (Å²) in [5, 5.41) is 3.71. The van der Waals surface area contributed by atoms with Gasteiger partial charge in [0.2, 0.25) is 0 Å². The van der Waals surface area contributed by atoms with Crippen LogP contribution in [0, 0.1) is 0 Å². The smallest absolute Gasteiger partial charge is 0.0582 e. The van der Waals surface area contributed by atoms with E-state index in [0.717, 1.165) is 18.7 Å². The summed E-state index contributed by atoms with van der Waals surface area (Å²) in [6, 6.07) is 18.0. The number of nitrogens with one attached hydrogen (secondary N) is 1. The summed E-state index contributed by atoms with van der Waals surface area (Å²) in [6.45, 7) is 1.05. The average Bonchev–Trinajstić information content (AvgIpc) is 2.46. The molecule has 1 aliphatic rings. The molecule has 0 aromatic heterocycles. The van der Waals surface area contributed by atoms with Gasteiger partial charge in [0.05, 0.1) is 6.04 Å². The van der Waals surface area contributed by atoms with E-state index in [1.165, 1.54) is 22.3 Å². The Morgan fingerprint density at radius 1 is 1.00 bits per heavy atom. The number of fused-ring (bicyclic) bond motifs is 2. The third-order valence-electron chi connectivity index (χ3n) is 3.77. The standard InChI is InChI=1S/C17H19NS/c1-19-11-10-18-17-15-8-4-2-6-13(15)12-14-7-3-5-9-16(14)17/h2-9,17-18H,10-12H2,1H3. The van der Waals surface area contributed by atoms with Gasteiger partial charge in [-0.2, -0.15) is 11.8 Å². The first-order chi connectivity index (χ1) is 9.40. The van der Waals surface area contributed by atoms with Crippen molar-refractivity contribution in [2.75, 3.05) is 18.6 Å². The summed E-state index contributed by atoms with van der Waals surface area (Å²) in [5.74, 6) is 1.15. The van der Waals surface area contributed by atoms with E-state index in [-0.39, 0.29) is 0 Å². The summed E-state index contributed by atoms with van der Waals surface area (Å²) in [5.41, 5.74) is 5.82. The molecule has 0 saturated heterocycles.